The van der Waals surface area contributed by atoms with Crippen molar-refractivity contribution in [1.29, 1.82) is 0 Å². The Balaban J connectivity index is 1.28. The molecule has 0 aliphatic carbocycles. The quantitative estimate of drug-likeness (QED) is 0.425. The second-order valence-electron chi connectivity index (χ2n) is 7.84. The van der Waals surface area contributed by atoms with Crippen LogP contribution < -0.4 is 5.32 Å². The molecule has 1 aromatic heterocycles. The Kier molecular flexibility index (Phi) is 7.51. The summed E-state index contributed by atoms with van der Waals surface area (Å²) in [5, 5.41) is 6.83. The number of likely N-dealkylation sites (tertiary alicyclic amines) is 1. The predicted octanol–water partition coefficient (Wildman–Crippen LogP) is 3.91. The molecule has 3 aromatic rings. The molecule has 0 unspecified atom stereocenters. The largest absolute Gasteiger partial charge is 0.382 e. The molecule has 4 rings (SSSR count). The van der Waals surface area contributed by atoms with Gasteiger partial charge < -0.3 is 24.3 Å². The number of imidazole rings is 1. The lowest BCUT2D eigenvalue weighted by Crippen LogP contribution is -2.43. The molecule has 31 heavy (non-hydrogen) atoms. The average molecular weight is 439 g/mol. The number of hydrogen-bond donors (Lipinski definition) is 1. The van der Waals surface area contributed by atoms with Crippen LogP contribution in [-0.4, -0.2) is 53.0 Å². The highest BCUT2D eigenvalue weighted by molar-refractivity contribution is 7.80. The number of piperidine rings is 1. The van der Waals surface area contributed by atoms with Crippen molar-refractivity contribution in [3.05, 3.63) is 66.2 Å². The van der Waals surface area contributed by atoms with Gasteiger partial charge in [0, 0.05) is 45.1 Å². The van der Waals surface area contributed by atoms with Crippen molar-refractivity contribution in [3.8, 4) is 0 Å². The molecule has 1 aliphatic rings. The fourth-order valence-corrected chi connectivity index (χ4v) is 4.42. The Morgan fingerprint density at radius 1 is 1.13 bits per heavy atom. The third-order valence-corrected chi connectivity index (χ3v) is 6.27. The van der Waals surface area contributed by atoms with Crippen molar-refractivity contribution >= 4 is 28.1 Å². The van der Waals surface area contributed by atoms with Crippen LogP contribution in [0.3, 0.4) is 0 Å². The molecule has 0 bridgehead atoms. The Hall–Kier alpha value is -2.48. The molecule has 6 nitrogen and oxygen atoms in total. The van der Waals surface area contributed by atoms with Crippen LogP contribution in [0.5, 0.6) is 0 Å². The highest BCUT2D eigenvalue weighted by atomic mass is 32.1. The Bertz CT molecular complexity index is 993. The van der Waals surface area contributed by atoms with Gasteiger partial charge in [-0.25, -0.2) is 4.98 Å². The van der Waals surface area contributed by atoms with Crippen molar-refractivity contribution in [3.63, 3.8) is 0 Å². The number of fused-ring (bicyclic) bond motifs is 1. The fourth-order valence-electron chi connectivity index (χ4n) is 4.17. The zero-order valence-electron chi connectivity index (χ0n) is 18.0. The second-order valence-corrected chi connectivity index (χ2v) is 8.23. The molecule has 0 saturated carbocycles. The number of ether oxygens (including phenoxy) is 2. The number of aromatic nitrogens is 2. The lowest BCUT2D eigenvalue weighted by molar-refractivity contribution is 0.0321. The monoisotopic (exact) mass is 438 g/mol. The molecule has 1 aliphatic heterocycles. The number of rotatable bonds is 8. The van der Waals surface area contributed by atoms with E-state index in [9.17, 15) is 0 Å². The summed E-state index contributed by atoms with van der Waals surface area (Å²) in [6, 6.07) is 14.9. The van der Waals surface area contributed by atoms with E-state index in [0.717, 1.165) is 43.4 Å². The van der Waals surface area contributed by atoms with Gasteiger partial charge in [0.05, 0.1) is 13.2 Å². The van der Waals surface area contributed by atoms with E-state index in [-0.39, 0.29) is 0 Å². The van der Waals surface area contributed by atoms with E-state index in [1.807, 2.05) is 12.4 Å². The SMILES string of the molecule is COCCOCn1ccnc1C1CCN(C(=S)NCc2cccc3ccccc23)CC1. The van der Waals surface area contributed by atoms with Crippen molar-refractivity contribution in [1.82, 2.24) is 19.8 Å². The Morgan fingerprint density at radius 2 is 1.94 bits per heavy atom. The first-order chi connectivity index (χ1) is 15.3. The number of hydrogen-bond acceptors (Lipinski definition) is 4. The van der Waals surface area contributed by atoms with Gasteiger partial charge >= 0.3 is 0 Å². The molecule has 2 aromatic carbocycles. The lowest BCUT2D eigenvalue weighted by atomic mass is 9.96. The summed E-state index contributed by atoms with van der Waals surface area (Å²) >= 11 is 5.70. The van der Waals surface area contributed by atoms with Crippen LogP contribution in [0.1, 0.15) is 30.1 Å². The number of thiocarbonyl (C=S) groups is 1. The van der Waals surface area contributed by atoms with E-state index in [2.05, 4.69) is 62.2 Å². The summed E-state index contributed by atoms with van der Waals surface area (Å²) in [6.07, 6.45) is 5.92. The number of nitrogens with zero attached hydrogens (tertiary/aromatic N) is 3. The minimum Gasteiger partial charge on any atom is -0.382 e. The maximum atomic E-state index is 5.70. The number of benzene rings is 2. The van der Waals surface area contributed by atoms with Gasteiger partial charge in [-0.3, -0.25) is 0 Å². The minimum absolute atomic E-state index is 0.429. The van der Waals surface area contributed by atoms with Crippen LogP contribution >= 0.6 is 12.2 Å². The molecular weight excluding hydrogens is 408 g/mol. The molecule has 0 amide bonds. The standard InChI is InChI=1S/C24H30N4O2S/c1-29-15-16-30-18-28-14-11-25-23(28)20-9-12-27(13-10-20)24(31)26-17-21-7-4-6-19-5-2-3-8-22(19)21/h2-8,11,14,20H,9-10,12-13,15-18H2,1H3,(H,26,31). The van der Waals surface area contributed by atoms with E-state index in [4.69, 9.17) is 21.7 Å². The van der Waals surface area contributed by atoms with Gasteiger partial charge in [0.1, 0.15) is 12.6 Å². The molecule has 1 saturated heterocycles. The van der Waals surface area contributed by atoms with Crippen LogP contribution in [0.15, 0.2) is 54.9 Å². The third kappa shape index (κ3) is 5.42. The van der Waals surface area contributed by atoms with Gasteiger partial charge in [0.15, 0.2) is 5.11 Å². The maximum Gasteiger partial charge on any atom is 0.169 e. The molecular formula is C24H30N4O2S. The first-order valence-electron chi connectivity index (χ1n) is 10.8. The van der Waals surface area contributed by atoms with Gasteiger partial charge in [-0.15, -0.1) is 0 Å². The second kappa shape index (κ2) is 10.7. The van der Waals surface area contributed by atoms with Crippen LogP contribution in [-0.2, 0) is 22.7 Å². The highest BCUT2D eigenvalue weighted by Gasteiger charge is 2.25. The summed E-state index contributed by atoms with van der Waals surface area (Å²) in [5.74, 6) is 1.53. The van der Waals surface area contributed by atoms with Crippen molar-refractivity contribution in [2.75, 3.05) is 33.4 Å². The van der Waals surface area contributed by atoms with Crippen molar-refractivity contribution in [2.24, 2.45) is 0 Å². The lowest BCUT2D eigenvalue weighted by Gasteiger charge is -2.33. The predicted molar refractivity (Wildman–Crippen MR) is 127 cm³/mol. The molecule has 1 N–H and O–H groups in total. The normalized spacial score (nSPS) is 14.8. The van der Waals surface area contributed by atoms with Gasteiger partial charge in [-0.1, -0.05) is 42.5 Å². The Labute approximate surface area is 189 Å². The maximum absolute atomic E-state index is 5.70. The molecule has 0 radical (unpaired) electrons. The zero-order valence-corrected chi connectivity index (χ0v) is 18.8. The van der Waals surface area contributed by atoms with E-state index >= 15 is 0 Å². The van der Waals surface area contributed by atoms with Gasteiger partial charge in [0.2, 0.25) is 0 Å². The summed E-state index contributed by atoms with van der Waals surface area (Å²) < 4.78 is 12.8. The van der Waals surface area contributed by atoms with E-state index in [1.165, 1.54) is 16.3 Å². The molecule has 7 heteroatoms. The third-order valence-electron chi connectivity index (χ3n) is 5.87. The van der Waals surface area contributed by atoms with Crippen LogP contribution in [0.2, 0.25) is 0 Å². The average Bonchev–Trinajstić information content (AvgIpc) is 3.29. The smallest absolute Gasteiger partial charge is 0.169 e. The highest BCUT2D eigenvalue weighted by Crippen LogP contribution is 2.27. The summed E-state index contributed by atoms with van der Waals surface area (Å²) in [6.45, 7) is 4.31. The summed E-state index contributed by atoms with van der Waals surface area (Å²) in [4.78, 5) is 6.88. The topological polar surface area (TPSA) is 51.6 Å². The first kappa shape index (κ1) is 21.7. The first-order valence-corrected chi connectivity index (χ1v) is 11.2. The van der Waals surface area contributed by atoms with E-state index in [0.29, 0.717) is 25.9 Å². The molecule has 0 atom stereocenters. The fraction of sp³-hybridized carbons (Fsp3) is 0.417. The van der Waals surface area contributed by atoms with Gasteiger partial charge in [0.25, 0.3) is 0 Å². The molecule has 1 fully saturated rings. The van der Waals surface area contributed by atoms with Crippen LogP contribution in [0, 0.1) is 0 Å². The molecule has 0 spiro atoms. The summed E-state index contributed by atoms with van der Waals surface area (Å²) in [5.41, 5.74) is 1.27. The summed E-state index contributed by atoms with van der Waals surface area (Å²) in [7, 11) is 1.68. The zero-order chi connectivity index (χ0) is 21.5. The van der Waals surface area contributed by atoms with Crippen LogP contribution in [0.4, 0.5) is 0 Å². The molecule has 164 valence electrons. The van der Waals surface area contributed by atoms with E-state index < -0.39 is 0 Å². The number of nitrogens with one attached hydrogen (secondary N) is 1. The Morgan fingerprint density at radius 3 is 2.77 bits per heavy atom. The van der Waals surface area contributed by atoms with Crippen molar-refractivity contribution in [2.45, 2.75) is 32.0 Å². The minimum atomic E-state index is 0.429. The number of methoxy groups -OCH3 is 1. The van der Waals surface area contributed by atoms with Crippen molar-refractivity contribution < 1.29 is 9.47 Å². The van der Waals surface area contributed by atoms with Gasteiger partial charge in [-0.05, 0) is 41.4 Å². The van der Waals surface area contributed by atoms with Gasteiger partial charge in [-0.2, -0.15) is 0 Å². The van der Waals surface area contributed by atoms with E-state index in [1.54, 1.807) is 7.11 Å². The molecule has 2 heterocycles. The van der Waals surface area contributed by atoms with Crippen LogP contribution in [0.25, 0.3) is 10.8 Å².